The molecule has 0 aromatic heterocycles. The van der Waals surface area contributed by atoms with Crippen LogP contribution < -0.4 is 10.1 Å². The Labute approximate surface area is 157 Å². The number of Topliss-reactive ketones (excluding diaryl/α,β-unsaturated/α-hetero) is 1. The molecule has 0 radical (unpaired) electrons. The largest absolute Gasteiger partial charge is 0.484 e. The number of ether oxygens (including phenoxy) is 1. The van der Waals surface area contributed by atoms with Gasteiger partial charge in [-0.25, -0.2) is 0 Å². The lowest BCUT2D eigenvalue weighted by atomic mass is 9.94. The number of amides is 1. The number of carbonyl (C=O) groups is 2. The van der Waals surface area contributed by atoms with E-state index < -0.39 is 0 Å². The van der Waals surface area contributed by atoms with Gasteiger partial charge in [-0.2, -0.15) is 0 Å². The molecule has 0 bridgehead atoms. The van der Waals surface area contributed by atoms with Crippen LogP contribution in [-0.4, -0.2) is 49.4 Å². The molecule has 0 aliphatic heterocycles. The molecule has 5 heteroatoms. The van der Waals surface area contributed by atoms with Crippen molar-refractivity contribution >= 4 is 11.7 Å². The first-order valence-corrected chi connectivity index (χ1v) is 9.83. The number of hydrogen-bond acceptors (Lipinski definition) is 4. The molecule has 1 N–H and O–H groups in total. The molecule has 1 aliphatic carbocycles. The van der Waals surface area contributed by atoms with Crippen molar-refractivity contribution in [1.82, 2.24) is 10.2 Å². The highest BCUT2D eigenvalue weighted by molar-refractivity contribution is 5.95. The first-order valence-electron chi connectivity index (χ1n) is 9.83. The van der Waals surface area contributed by atoms with E-state index in [0.29, 0.717) is 30.3 Å². The van der Waals surface area contributed by atoms with Crippen molar-refractivity contribution in [2.45, 2.75) is 57.9 Å². The smallest absolute Gasteiger partial charge is 0.257 e. The van der Waals surface area contributed by atoms with Gasteiger partial charge in [0.2, 0.25) is 0 Å². The summed E-state index contributed by atoms with van der Waals surface area (Å²) < 4.78 is 5.48. The lowest BCUT2D eigenvalue weighted by Gasteiger charge is -2.31. The fraction of sp³-hybridized carbons (Fsp3) is 0.619. The van der Waals surface area contributed by atoms with Gasteiger partial charge in [0.25, 0.3) is 5.91 Å². The van der Waals surface area contributed by atoms with Crippen LogP contribution >= 0.6 is 0 Å². The van der Waals surface area contributed by atoms with Crippen molar-refractivity contribution in [3.63, 3.8) is 0 Å². The summed E-state index contributed by atoms with van der Waals surface area (Å²) in [4.78, 5) is 25.9. The van der Waals surface area contributed by atoms with E-state index in [1.165, 1.54) is 32.1 Å². The minimum atomic E-state index is -0.112. The second kappa shape index (κ2) is 11.0. The van der Waals surface area contributed by atoms with Crippen LogP contribution in [0, 0.1) is 0 Å². The van der Waals surface area contributed by atoms with Gasteiger partial charge in [-0.3, -0.25) is 9.59 Å². The zero-order valence-corrected chi connectivity index (χ0v) is 16.1. The Morgan fingerprint density at radius 2 is 1.85 bits per heavy atom. The van der Waals surface area contributed by atoms with Gasteiger partial charge in [-0.05, 0) is 57.1 Å². The zero-order valence-electron chi connectivity index (χ0n) is 16.1. The molecule has 26 heavy (non-hydrogen) atoms. The molecule has 0 spiro atoms. The number of carbonyl (C=O) groups excluding carboxylic acids is 2. The van der Waals surface area contributed by atoms with Gasteiger partial charge in [0.05, 0.1) is 0 Å². The third-order valence-electron chi connectivity index (χ3n) is 5.08. The normalized spacial score (nSPS) is 15.0. The standard InChI is InChI=1S/C21H32N2O3/c1-3-20(24)17-10-12-19(13-11-17)26-16-21(25)22-14-7-15-23(2)18-8-5-4-6-9-18/h10-13,18H,3-9,14-16H2,1-2H3,(H,22,25). The predicted molar refractivity (Wildman–Crippen MR) is 104 cm³/mol. The van der Waals surface area contributed by atoms with Gasteiger partial charge in [0.1, 0.15) is 5.75 Å². The zero-order chi connectivity index (χ0) is 18.8. The number of ketones is 1. The molecule has 1 fully saturated rings. The van der Waals surface area contributed by atoms with Crippen LogP contribution in [0.25, 0.3) is 0 Å². The van der Waals surface area contributed by atoms with Crippen molar-refractivity contribution in [3.05, 3.63) is 29.8 Å². The highest BCUT2D eigenvalue weighted by Crippen LogP contribution is 2.21. The highest BCUT2D eigenvalue weighted by atomic mass is 16.5. The molecule has 1 aromatic rings. The molecule has 0 unspecified atom stereocenters. The fourth-order valence-electron chi connectivity index (χ4n) is 3.40. The Hall–Kier alpha value is -1.88. The van der Waals surface area contributed by atoms with Gasteiger partial charge in [0, 0.05) is 24.6 Å². The summed E-state index contributed by atoms with van der Waals surface area (Å²) in [7, 11) is 2.19. The summed E-state index contributed by atoms with van der Waals surface area (Å²) in [5.41, 5.74) is 0.673. The molecule has 144 valence electrons. The highest BCUT2D eigenvalue weighted by Gasteiger charge is 2.17. The minimum absolute atomic E-state index is 0.000461. The van der Waals surface area contributed by atoms with Crippen LogP contribution in [-0.2, 0) is 4.79 Å². The summed E-state index contributed by atoms with van der Waals surface area (Å²) in [6.45, 7) is 3.52. The molecule has 2 rings (SSSR count). The van der Waals surface area contributed by atoms with Crippen molar-refractivity contribution in [3.8, 4) is 5.75 Å². The maximum absolute atomic E-state index is 11.9. The summed E-state index contributed by atoms with van der Waals surface area (Å²) in [5.74, 6) is 0.594. The molecule has 1 saturated carbocycles. The van der Waals surface area contributed by atoms with Crippen LogP contribution in [0.15, 0.2) is 24.3 Å². The average molecular weight is 360 g/mol. The summed E-state index contributed by atoms with van der Waals surface area (Å²) in [6.07, 6.45) is 8.11. The maximum atomic E-state index is 11.9. The monoisotopic (exact) mass is 360 g/mol. The first kappa shape index (κ1) is 20.4. The van der Waals surface area contributed by atoms with Gasteiger partial charge in [-0.15, -0.1) is 0 Å². The number of nitrogens with one attached hydrogen (secondary N) is 1. The molecule has 1 aliphatic rings. The number of hydrogen-bond donors (Lipinski definition) is 1. The van der Waals surface area contributed by atoms with Crippen LogP contribution in [0.5, 0.6) is 5.75 Å². The van der Waals surface area contributed by atoms with Crippen LogP contribution in [0.4, 0.5) is 0 Å². The van der Waals surface area contributed by atoms with Crippen LogP contribution in [0.3, 0.4) is 0 Å². The van der Waals surface area contributed by atoms with E-state index >= 15 is 0 Å². The molecule has 1 aromatic carbocycles. The van der Waals surface area contributed by atoms with E-state index in [1.54, 1.807) is 24.3 Å². The number of rotatable bonds is 10. The van der Waals surface area contributed by atoms with E-state index in [-0.39, 0.29) is 18.3 Å². The Morgan fingerprint density at radius 1 is 1.15 bits per heavy atom. The molecule has 5 nitrogen and oxygen atoms in total. The van der Waals surface area contributed by atoms with E-state index in [2.05, 4.69) is 17.3 Å². The Bertz CT molecular complexity index is 565. The quantitative estimate of drug-likeness (QED) is 0.513. The lowest BCUT2D eigenvalue weighted by molar-refractivity contribution is -0.123. The van der Waals surface area contributed by atoms with Crippen LogP contribution in [0.2, 0.25) is 0 Å². The number of benzene rings is 1. The molecule has 0 atom stereocenters. The third-order valence-corrected chi connectivity index (χ3v) is 5.08. The Morgan fingerprint density at radius 3 is 2.50 bits per heavy atom. The second-order valence-corrected chi connectivity index (χ2v) is 7.07. The third kappa shape index (κ3) is 6.79. The van der Waals surface area contributed by atoms with Crippen molar-refractivity contribution in [2.75, 3.05) is 26.7 Å². The molecule has 1 amide bonds. The SMILES string of the molecule is CCC(=O)c1ccc(OCC(=O)NCCCN(C)C2CCCCC2)cc1. The van der Waals surface area contributed by atoms with E-state index in [0.717, 1.165) is 13.0 Å². The Kier molecular flexibility index (Phi) is 8.62. The van der Waals surface area contributed by atoms with Gasteiger partial charge >= 0.3 is 0 Å². The molecule has 0 saturated heterocycles. The maximum Gasteiger partial charge on any atom is 0.257 e. The van der Waals surface area contributed by atoms with Crippen molar-refractivity contribution in [1.29, 1.82) is 0 Å². The summed E-state index contributed by atoms with van der Waals surface area (Å²) in [6, 6.07) is 7.65. The first-order chi connectivity index (χ1) is 12.6. The Balaban J connectivity index is 1.59. The van der Waals surface area contributed by atoms with E-state index in [4.69, 9.17) is 4.74 Å². The van der Waals surface area contributed by atoms with Gasteiger partial charge < -0.3 is 15.0 Å². The van der Waals surface area contributed by atoms with Crippen LogP contribution in [0.1, 0.15) is 62.2 Å². The van der Waals surface area contributed by atoms with Gasteiger partial charge in [0.15, 0.2) is 12.4 Å². The average Bonchev–Trinajstić information content (AvgIpc) is 2.70. The predicted octanol–water partition coefficient (Wildman–Crippen LogP) is 3.43. The van der Waals surface area contributed by atoms with Crippen molar-refractivity contribution < 1.29 is 14.3 Å². The van der Waals surface area contributed by atoms with E-state index in [1.807, 2.05) is 6.92 Å². The topological polar surface area (TPSA) is 58.6 Å². The molecule has 0 heterocycles. The lowest BCUT2D eigenvalue weighted by Crippen LogP contribution is -2.36. The second-order valence-electron chi connectivity index (χ2n) is 7.07. The van der Waals surface area contributed by atoms with Crippen molar-refractivity contribution in [2.24, 2.45) is 0 Å². The fourth-order valence-corrected chi connectivity index (χ4v) is 3.40. The molecular weight excluding hydrogens is 328 g/mol. The summed E-state index contributed by atoms with van der Waals surface area (Å²) >= 11 is 0. The van der Waals surface area contributed by atoms with Gasteiger partial charge in [-0.1, -0.05) is 26.2 Å². The van der Waals surface area contributed by atoms with E-state index in [9.17, 15) is 9.59 Å². The summed E-state index contributed by atoms with van der Waals surface area (Å²) in [5, 5.41) is 2.91. The molecular formula is C21H32N2O3. The number of nitrogens with zero attached hydrogens (tertiary/aromatic N) is 1. The minimum Gasteiger partial charge on any atom is -0.484 e.